The van der Waals surface area contributed by atoms with Gasteiger partial charge < -0.3 is 29.2 Å². The third-order valence-corrected chi connectivity index (χ3v) is 17.4. The van der Waals surface area contributed by atoms with Gasteiger partial charge in [-0.1, -0.05) is 77.4 Å². The number of aromatic nitrogens is 12. The molecule has 0 amide bonds. The first-order valence-corrected chi connectivity index (χ1v) is 34.2. The van der Waals surface area contributed by atoms with E-state index in [1.807, 2.05) is 66.7 Å². The zero-order valence-corrected chi connectivity index (χ0v) is 49.6. The molecule has 10 aromatic rings. The van der Waals surface area contributed by atoms with Crippen LogP contribution >= 0.6 is 0 Å². The topological polar surface area (TPSA) is 211 Å². The summed E-state index contributed by atoms with van der Waals surface area (Å²) in [7, 11) is 0.851. The third-order valence-electron chi connectivity index (χ3n) is 14.0. The van der Waals surface area contributed by atoms with Gasteiger partial charge in [0.15, 0.2) is 29.2 Å². The molecule has 0 aliphatic carbocycles. The zero-order chi connectivity index (χ0) is 56.0. The lowest BCUT2D eigenvalue weighted by molar-refractivity contribution is 0.0812. The molecular weight excluding hydrogens is 1030 g/mol. The predicted octanol–water partition coefficient (Wildman–Crippen LogP) is 11.9. The molecule has 0 saturated heterocycles. The summed E-state index contributed by atoms with van der Waals surface area (Å²) in [4.78, 5) is 43.4. The standard InChI is InChI=1S/C34H46N6O4Si2.C25H27N7O/c1-24-27(20-41)17-35-19-29(24)26-16-28-32(38-40(33(28)36-18-26)23-44-13-15-46(6,7)8)34-37-31-25(21-42-2)10-9-11-30(31)39(34)22-43-12-14-45(3,4)5;1-14(2)27-11-18-9-26-12-20(15(18)3)17-8-19-23(31-32-24(19)28-10-17)25-29-21-7-5-6-16(13-33-4)22(21)30-25/h9-11,16-20H,12-15,21-23H2,1-8H3;5-10,12,14,27H,11,13H2,1-4H3,(H,29,30)(H,28,31,32). The summed E-state index contributed by atoms with van der Waals surface area (Å²) in [5, 5.41) is 17.8. The van der Waals surface area contributed by atoms with Crippen LogP contribution in [0.4, 0.5) is 0 Å². The van der Waals surface area contributed by atoms with Crippen molar-refractivity contribution in [3.8, 4) is 45.3 Å². The van der Waals surface area contributed by atoms with E-state index in [2.05, 4.69) is 118 Å². The maximum absolute atomic E-state index is 11.7. The molecule has 0 saturated carbocycles. The van der Waals surface area contributed by atoms with Crippen LogP contribution in [0.3, 0.4) is 0 Å². The maximum atomic E-state index is 11.7. The molecule has 3 N–H and O–H groups in total. The first-order chi connectivity index (χ1) is 37.9. The molecule has 0 atom stereocenters. The third kappa shape index (κ3) is 13.0. The molecule has 0 unspecified atom stereocenters. The Hall–Kier alpha value is -7.18. The number of methoxy groups -OCH3 is 2. The number of carbonyl (C=O) groups is 1. The fourth-order valence-corrected chi connectivity index (χ4v) is 10.8. The van der Waals surface area contributed by atoms with Gasteiger partial charge in [-0.3, -0.25) is 24.4 Å². The number of benzene rings is 2. The molecule has 10 rings (SSSR count). The van der Waals surface area contributed by atoms with Gasteiger partial charge in [0.05, 0.1) is 46.1 Å². The van der Waals surface area contributed by atoms with Gasteiger partial charge in [0.25, 0.3) is 0 Å². The van der Waals surface area contributed by atoms with Gasteiger partial charge in [-0.05, 0) is 66.9 Å². The summed E-state index contributed by atoms with van der Waals surface area (Å²) in [6, 6.07) is 18.9. The van der Waals surface area contributed by atoms with Crippen molar-refractivity contribution in [1.82, 2.24) is 64.7 Å². The Bertz CT molecular complexity index is 3760. The number of nitrogens with one attached hydrogen (secondary N) is 3. The van der Waals surface area contributed by atoms with Crippen LogP contribution in [-0.4, -0.2) is 115 Å². The molecule has 0 spiro atoms. The van der Waals surface area contributed by atoms with Crippen LogP contribution in [0.1, 0.15) is 52.0 Å². The molecule has 79 heavy (non-hydrogen) atoms. The van der Waals surface area contributed by atoms with E-state index < -0.39 is 16.1 Å². The Kier molecular flexibility index (Phi) is 17.5. The Balaban J connectivity index is 0.000000202. The molecule has 0 radical (unpaired) electrons. The summed E-state index contributed by atoms with van der Waals surface area (Å²) in [6.45, 7) is 26.1. The molecule has 8 aromatic heterocycles. The van der Waals surface area contributed by atoms with Crippen molar-refractivity contribution in [3.63, 3.8) is 0 Å². The number of carbonyl (C=O) groups excluding carboxylic acids is 1. The molecule has 18 nitrogen and oxygen atoms in total. The highest BCUT2D eigenvalue weighted by Gasteiger charge is 2.25. The van der Waals surface area contributed by atoms with Crippen LogP contribution < -0.4 is 5.32 Å². The van der Waals surface area contributed by atoms with E-state index in [1.165, 1.54) is 11.1 Å². The number of aromatic amines is 2. The summed E-state index contributed by atoms with van der Waals surface area (Å²) in [5.74, 6) is 1.41. The van der Waals surface area contributed by atoms with E-state index in [0.717, 1.165) is 108 Å². The summed E-state index contributed by atoms with van der Waals surface area (Å²) in [6.07, 6.45) is 11.7. The molecule has 0 aliphatic heterocycles. The number of rotatable bonds is 22. The number of H-pyrrole nitrogens is 2. The van der Waals surface area contributed by atoms with Crippen LogP contribution in [0.5, 0.6) is 0 Å². The van der Waals surface area contributed by atoms with Crippen molar-refractivity contribution in [2.75, 3.05) is 27.4 Å². The second-order valence-electron chi connectivity index (χ2n) is 22.8. The summed E-state index contributed by atoms with van der Waals surface area (Å²) in [5.41, 5.74) is 16.0. The number of hydrogen-bond donors (Lipinski definition) is 3. The number of ether oxygens (including phenoxy) is 4. The van der Waals surface area contributed by atoms with Crippen LogP contribution in [0.2, 0.25) is 51.4 Å². The van der Waals surface area contributed by atoms with Crippen molar-refractivity contribution in [2.24, 2.45) is 0 Å². The maximum Gasteiger partial charge on any atom is 0.181 e. The smallest absolute Gasteiger partial charge is 0.181 e. The molecule has 412 valence electrons. The highest BCUT2D eigenvalue weighted by Crippen LogP contribution is 2.36. The van der Waals surface area contributed by atoms with Crippen LogP contribution in [0, 0.1) is 13.8 Å². The number of fused-ring (bicyclic) bond motifs is 4. The van der Waals surface area contributed by atoms with E-state index in [9.17, 15) is 4.79 Å². The zero-order valence-electron chi connectivity index (χ0n) is 47.6. The quantitative estimate of drug-likeness (QED) is 0.0328. The summed E-state index contributed by atoms with van der Waals surface area (Å²) >= 11 is 0. The Morgan fingerprint density at radius 1 is 0.722 bits per heavy atom. The second-order valence-corrected chi connectivity index (χ2v) is 34.0. The molecule has 2 aromatic carbocycles. The van der Waals surface area contributed by atoms with Gasteiger partial charge in [-0.25, -0.2) is 24.6 Å². The molecular formula is C59H73N13O5Si2. The largest absolute Gasteiger partial charge is 0.380 e. The molecule has 20 heteroatoms. The van der Waals surface area contributed by atoms with E-state index in [-0.39, 0.29) is 6.73 Å². The lowest BCUT2D eigenvalue weighted by atomic mass is 9.99. The molecule has 0 aliphatic rings. The van der Waals surface area contributed by atoms with Crippen molar-refractivity contribution >= 4 is 66.6 Å². The van der Waals surface area contributed by atoms with Crippen molar-refractivity contribution in [2.45, 2.75) is 118 Å². The van der Waals surface area contributed by atoms with Gasteiger partial charge >= 0.3 is 0 Å². The lowest BCUT2D eigenvalue weighted by Crippen LogP contribution is -2.22. The molecule has 8 heterocycles. The minimum Gasteiger partial charge on any atom is -0.380 e. The van der Waals surface area contributed by atoms with Gasteiger partial charge in [0.1, 0.15) is 24.8 Å². The SMILES string of the molecule is COCc1cccc2[nH]c(-c3[nH]nc4ncc(-c5cncc(CNC(C)C)c5C)cc34)nc12.COCc1cccc2c1nc(-c1nn(COCC[Si](C)(C)C)c3ncc(-c4cncc(C=O)c4C)cc13)n2COCC[Si](C)(C)C. The van der Waals surface area contributed by atoms with E-state index in [1.54, 1.807) is 26.6 Å². The normalized spacial score (nSPS) is 12.2. The monoisotopic (exact) mass is 1100 g/mol. The van der Waals surface area contributed by atoms with Gasteiger partial charge in [0, 0.05) is 132 Å². The Morgan fingerprint density at radius 2 is 1.37 bits per heavy atom. The minimum absolute atomic E-state index is 0.274. The fraction of sp³-hybridized carbons (Fsp3) is 0.373. The highest BCUT2D eigenvalue weighted by molar-refractivity contribution is 6.76. The minimum atomic E-state index is -1.27. The number of nitrogens with zero attached hydrogens (tertiary/aromatic N) is 10. The number of para-hydroxylation sites is 2. The molecule has 0 fully saturated rings. The van der Waals surface area contributed by atoms with Crippen molar-refractivity contribution < 1.29 is 23.7 Å². The number of aldehydes is 1. The van der Waals surface area contributed by atoms with E-state index in [0.29, 0.717) is 67.6 Å². The average Bonchev–Trinajstić information content (AvgIpc) is 4.42. The van der Waals surface area contributed by atoms with Crippen LogP contribution in [-0.2, 0) is 52.2 Å². The van der Waals surface area contributed by atoms with Crippen LogP contribution in [0.25, 0.3) is 89.4 Å². The number of imidazole rings is 2. The predicted molar refractivity (Wildman–Crippen MR) is 318 cm³/mol. The number of hydrogen-bond acceptors (Lipinski definition) is 14. The summed E-state index contributed by atoms with van der Waals surface area (Å²) < 4.78 is 27.2. The Morgan fingerprint density at radius 3 is 2.05 bits per heavy atom. The van der Waals surface area contributed by atoms with Crippen LogP contribution in [0.15, 0.2) is 85.7 Å². The molecule has 0 bridgehead atoms. The van der Waals surface area contributed by atoms with E-state index in [4.69, 9.17) is 39.0 Å². The van der Waals surface area contributed by atoms with Gasteiger partial charge in [-0.2, -0.15) is 10.2 Å². The number of pyridine rings is 4. The highest BCUT2D eigenvalue weighted by atomic mass is 28.3. The van der Waals surface area contributed by atoms with Crippen molar-refractivity contribution in [1.29, 1.82) is 0 Å². The second kappa shape index (κ2) is 24.5. The first kappa shape index (κ1) is 56.5. The van der Waals surface area contributed by atoms with Gasteiger partial charge in [-0.15, -0.1) is 0 Å². The average molecular weight is 1100 g/mol. The lowest BCUT2D eigenvalue weighted by Gasteiger charge is -2.16. The van der Waals surface area contributed by atoms with E-state index >= 15 is 0 Å². The first-order valence-electron chi connectivity index (χ1n) is 26.8. The Labute approximate surface area is 463 Å². The fourth-order valence-electron chi connectivity index (χ4n) is 9.33. The van der Waals surface area contributed by atoms with Gasteiger partial charge in [0.2, 0.25) is 0 Å². The van der Waals surface area contributed by atoms with Crippen molar-refractivity contribution in [3.05, 3.63) is 119 Å².